The van der Waals surface area contributed by atoms with Gasteiger partial charge in [0.25, 0.3) is 5.91 Å². The zero-order valence-electron chi connectivity index (χ0n) is 12.6. The van der Waals surface area contributed by atoms with Gasteiger partial charge in [0.15, 0.2) is 0 Å². The van der Waals surface area contributed by atoms with E-state index in [4.69, 9.17) is 23.2 Å². The molecule has 0 bridgehead atoms. The highest BCUT2D eigenvalue weighted by molar-refractivity contribution is 6.44. The van der Waals surface area contributed by atoms with Crippen LogP contribution in [0.1, 0.15) is 27.2 Å². The van der Waals surface area contributed by atoms with Gasteiger partial charge in [-0.1, -0.05) is 20.8 Å². The van der Waals surface area contributed by atoms with E-state index in [1.807, 2.05) is 20.8 Å². The van der Waals surface area contributed by atoms with Crippen molar-refractivity contribution in [3.63, 3.8) is 0 Å². The highest BCUT2D eigenvalue weighted by Gasteiger charge is 2.39. The van der Waals surface area contributed by atoms with Gasteiger partial charge in [-0.3, -0.25) is 9.59 Å². The van der Waals surface area contributed by atoms with E-state index in [9.17, 15) is 9.59 Å². The number of carbonyl (C=O) groups excluding carboxylic acids is 2. The summed E-state index contributed by atoms with van der Waals surface area (Å²) in [5.74, 6) is -0.103. The maximum Gasteiger partial charge on any atom is 0.270 e. The Morgan fingerprint density at radius 1 is 1.20 bits per heavy atom. The quantitative estimate of drug-likeness (QED) is 0.590. The number of rotatable bonds is 4. The molecule has 2 amide bonds. The Morgan fingerprint density at radius 2 is 1.75 bits per heavy atom. The molecule has 1 heterocycles. The zero-order chi connectivity index (χ0) is 15.6. The van der Waals surface area contributed by atoms with E-state index in [1.165, 1.54) is 9.80 Å². The molecule has 0 radical (unpaired) electrons. The first kappa shape index (κ1) is 17.3. The van der Waals surface area contributed by atoms with Gasteiger partial charge in [0.2, 0.25) is 5.91 Å². The number of alkyl halides is 2. The highest BCUT2D eigenvalue weighted by Crippen LogP contribution is 2.25. The second-order valence-electron chi connectivity index (χ2n) is 5.70. The van der Waals surface area contributed by atoms with Crippen molar-refractivity contribution in [3.05, 3.63) is 11.8 Å². The van der Waals surface area contributed by atoms with Crippen molar-refractivity contribution < 1.29 is 9.59 Å². The van der Waals surface area contributed by atoms with Crippen molar-refractivity contribution in [3.8, 4) is 0 Å². The zero-order valence-corrected chi connectivity index (χ0v) is 14.1. The van der Waals surface area contributed by atoms with Crippen molar-refractivity contribution in [2.75, 3.05) is 14.1 Å². The Kier molecular flexibility index (Phi) is 5.90. The fraction of sp³-hybridized carbons (Fsp3) is 0.714. The molecule has 114 valence electrons. The molecule has 0 aromatic heterocycles. The summed E-state index contributed by atoms with van der Waals surface area (Å²) in [4.78, 5) is 27.1. The molecule has 1 saturated heterocycles. The summed E-state index contributed by atoms with van der Waals surface area (Å²) in [5, 5.41) is 0. The van der Waals surface area contributed by atoms with E-state index in [-0.39, 0.29) is 17.7 Å². The highest BCUT2D eigenvalue weighted by atomic mass is 35.5. The van der Waals surface area contributed by atoms with Crippen molar-refractivity contribution in [2.24, 2.45) is 11.8 Å². The van der Waals surface area contributed by atoms with Crippen LogP contribution in [0.4, 0.5) is 0 Å². The molecule has 0 N–H and O–H groups in total. The third-order valence-corrected chi connectivity index (χ3v) is 4.29. The monoisotopic (exact) mass is 320 g/mol. The molecule has 0 saturated carbocycles. The maximum absolute atomic E-state index is 12.4. The lowest BCUT2D eigenvalue weighted by Crippen LogP contribution is -2.56. The topological polar surface area (TPSA) is 40.6 Å². The van der Waals surface area contributed by atoms with Crippen LogP contribution in [0.5, 0.6) is 0 Å². The number of piperazine rings is 1. The summed E-state index contributed by atoms with van der Waals surface area (Å²) >= 11 is 11.6. The lowest BCUT2D eigenvalue weighted by atomic mass is 9.98. The molecular weight excluding hydrogens is 299 g/mol. The van der Waals surface area contributed by atoms with E-state index in [2.05, 4.69) is 0 Å². The standard InChI is InChI=1S/C14H22Cl2N2O2/c1-8(2)6-10-13(19)18(5)11(14(20)17(10)4)7-9(3)12(15)16/h7-10,12H,6H2,1-5H3/b11-7+. The summed E-state index contributed by atoms with van der Waals surface area (Å²) < 4.78 is 0. The molecule has 0 spiro atoms. The summed E-state index contributed by atoms with van der Waals surface area (Å²) in [5.41, 5.74) is 0.344. The summed E-state index contributed by atoms with van der Waals surface area (Å²) in [6, 6.07) is -0.400. The van der Waals surface area contributed by atoms with Crippen molar-refractivity contribution in [2.45, 2.75) is 38.1 Å². The Bertz CT molecular complexity index is 421. The fourth-order valence-electron chi connectivity index (χ4n) is 2.18. The predicted octanol–water partition coefficient (Wildman–Crippen LogP) is 2.66. The second-order valence-corrected chi connectivity index (χ2v) is 6.87. The van der Waals surface area contributed by atoms with Crippen LogP contribution in [-0.2, 0) is 9.59 Å². The van der Waals surface area contributed by atoms with Crippen LogP contribution >= 0.6 is 23.2 Å². The van der Waals surface area contributed by atoms with E-state index in [0.717, 1.165) is 0 Å². The minimum Gasteiger partial charge on any atom is -0.328 e. The molecule has 0 aromatic carbocycles. The SMILES string of the molecule is CC(C)CC1C(=O)N(C)/C(=C/C(C)C(Cl)Cl)C(=O)N1C. The van der Waals surface area contributed by atoms with E-state index < -0.39 is 10.9 Å². The minimum atomic E-state index is -0.613. The van der Waals surface area contributed by atoms with Gasteiger partial charge in [-0.2, -0.15) is 0 Å². The third kappa shape index (κ3) is 3.67. The number of amides is 2. The van der Waals surface area contributed by atoms with Crippen molar-refractivity contribution in [1.82, 2.24) is 9.80 Å². The van der Waals surface area contributed by atoms with E-state index in [1.54, 1.807) is 20.2 Å². The molecule has 1 fully saturated rings. The largest absolute Gasteiger partial charge is 0.328 e. The van der Waals surface area contributed by atoms with Crippen LogP contribution in [-0.4, -0.2) is 46.6 Å². The molecule has 2 atom stereocenters. The molecule has 20 heavy (non-hydrogen) atoms. The Labute approximate surface area is 130 Å². The van der Waals surface area contributed by atoms with Crippen LogP contribution in [0, 0.1) is 11.8 Å². The molecule has 0 aromatic rings. The summed E-state index contributed by atoms with van der Waals surface area (Å²) in [7, 11) is 3.29. The average Bonchev–Trinajstić information content (AvgIpc) is 2.36. The molecule has 4 nitrogen and oxygen atoms in total. The summed E-state index contributed by atoms with van der Waals surface area (Å²) in [6.07, 6.45) is 2.31. The van der Waals surface area contributed by atoms with Gasteiger partial charge in [-0.05, 0) is 18.4 Å². The first-order chi connectivity index (χ1) is 9.16. The number of halogens is 2. The smallest absolute Gasteiger partial charge is 0.270 e. The van der Waals surface area contributed by atoms with Gasteiger partial charge >= 0.3 is 0 Å². The normalized spacial score (nSPS) is 24.2. The number of likely N-dealkylation sites (N-methyl/N-ethyl adjacent to an activating group) is 2. The van der Waals surface area contributed by atoms with Crippen molar-refractivity contribution in [1.29, 1.82) is 0 Å². The molecule has 6 heteroatoms. The molecule has 2 unspecified atom stereocenters. The van der Waals surface area contributed by atoms with Gasteiger partial charge in [-0.25, -0.2) is 0 Å². The molecule has 1 rings (SSSR count). The molecule has 1 aliphatic rings. The van der Waals surface area contributed by atoms with Crippen LogP contribution in [0.15, 0.2) is 11.8 Å². The number of hydrogen-bond donors (Lipinski definition) is 0. The number of allylic oxidation sites excluding steroid dienone is 1. The van der Waals surface area contributed by atoms with Crippen LogP contribution in [0.25, 0.3) is 0 Å². The van der Waals surface area contributed by atoms with Crippen LogP contribution < -0.4 is 0 Å². The first-order valence-electron chi connectivity index (χ1n) is 6.71. The fourth-order valence-corrected chi connectivity index (χ4v) is 2.33. The Hall–Kier alpha value is -0.740. The van der Waals surface area contributed by atoms with Gasteiger partial charge in [-0.15, -0.1) is 23.2 Å². The van der Waals surface area contributed by atoms with Crippen LogP contribution in [0.3, 0.4) is 0 Å². The van der Waals surface area contributed by atoms with E-state index >= 15 is 0 Å². The first-order valence-corrected chi connectivity index (χ1v) is 7.58. The summed E-state index contributed by atoms with van der Waals surface area (Å²) in [6.45, 7) is 5.87. The molecule has 1 aliphatic heterocycles. The lowest BCUT2D eigenvalue weighted by Gasteiger charge is -2.39. The van der Waals surface area contributed by atoms with Crippen molar-refractivity contribution >= 4 is 35.0 Å². The number of nitrogens with zero attached hydrogens (tertiary/aromatic N) is 2. The Morgan fingerprint density at radius 3 is 2.20 bits per heavy atom. The lowest BCUT2D eigenvalue weighted by molar-refractivity contribution is -0.149. The minimum absolute atomic E-state index is 0.0695. The van der Waals surface area contributed by atoms with Gasteiger partial charge in [0.05, 0.1) is 0 Å². The van der Waals surface area contributed by atoms with E-state index in [0.29, 0.717) is 18.0 Å². The number of hydrogen-bond acceptors (Lipinski definition) is 2. The Balaban J connectivity index is 3.05. The van der Waals surface area contributed by atoms with Gasteiger partial charge < -0.3 is 9.80 Å². The van der Waals surface area contributed by atoms with Crippen LogP contribution in [0.2, 0.25) is 0 Å². The molecular formula is C14H22Cl2N2O2. The second kappa shape index (κ2) is 6.81. The van der Waals surface area contributed by atoms with Gasteiger partial charge in [0, 0.05) is 20.0 Å². The average molecular weight is 321 g/mol. The van der Waals surface area contributed by atoms with Gasteiger partial charge in [0.1, 0.15) is 16.6 Å². The third-order valence-electron chi connectivity index (χ3n) is 3.50. The molecule has 0 aliphatic carbocycles. The predicted molar refractivity (Wildman–Crippen MR) is 81.5 cm³/mol. The maximum atomic E-state index is 12.4. The number of carbonyl (C=O) groups is 2.